The summed E-state index contributed by atoms with van der Waals surface area (Å²) < 4.78 is 1.71. The van der Waals surface area contributed by atoms with Crippen LogP contribution >= 0.6 is 0 Å². The summed E-state index contributed by atoms with van der Waals surface area (Å²) in [5, 5.41) is 23.1. The van der Waals surface area contributed by atoms with Crippen LogP contribution in [-0.4, -0.2) is 39.2 Å². The Bertz CT molecular complexity index is 607. The van der Waals surface area contributed by atoms with Crippen LogP contribution in [0.1, 0.15) is 29.2 Å². The maximum absolute atomic E-state index is 11.7. The lowest BCUT2D eigenvalue weighted by atomic mass is 10.0. The van der Waals surface area contributed by atoms with Gasteiger partial charge in [-0.05, 0) is 25.8 Å². The molecule has 7 nitrogen and oxygen atoms in total. The third-order valence-electron chi connectivity index (χ3n) is 3.41. The van der Waals surface area contributed by atoms with Gasteiger partial charge >= 0.3 is 6.03 Å². The maximum Gasteiger partial charge on any atom is 0.314 e. The summed E-state index contributed by atoms with van der Waals surface area (Å²) >= 11 is 0. The van der Waals surface area contributed by atoms with Gasteiger partial charge in [0.1, 0.15) is 0 Å². The van der Waals surface area contributed by atoms with Gasteiger partial charge in [0.25, 0.3) is 0 Å². The minimum Gasteiger partial charge on any atom is -0.387 e. The number of aromatic nitrogens is 3. The van der Waals surface area contributed by atoms with E-state index in [1.54, 1.807) is 17.1 Å². The smallest absolute Gasteiger partial charge is 0.314 e. The largest absolute Gasteiger partial charge is 0.387 e. The number of nitrogens with one attached hydrogen (secondary N) is 2. The summed E-state index contributed by atoms with van der Waals surface area (Å²) in [4.78, 5) is 11.7. The summed E-state index contributed by atoms with van der Waals surface area (Å²) in [6.45, 7) is 5.38. The van der Waals surface area contributed by atoms with Crippen molar-refractivity contribution in [3.05, 3.63) is 47.3 Å². The quantitative estimate of drug-likeness (QED) is 0.672. The van der Waals surface area contributed by atoms with Gasteiger partial charge in [-0.2, -0.15) is 0 Å². The SMILES string of the molecule is Cc1cc(C)cc([C@@H](O)CNC(=O)NCCCn2ccnn2)c1. The van der Waals surface area contributed by atoms with Gasteiger partial charge < -0.3 is 15.7 Å². The molecule has 0 unspecified atom stereocenters. The zero-order chi connectivity index (χ0) is 16.7. The van der Waals surface area contributed by atoms with Crippen LogP contribution in [0.5, 0.6) is 0 Å². The predicted octanol–water partition coefficient (Wildman–Crippen LogP) is 1.32. The standard InChI is InChI=1S/C16H23N5O2/c1-12-8-13(2)10-14(9-12)15(22)11-18-16(23)17-4-3-6-21-7-5-19-20-21/h5,7-10,15,22H,3-4,6,11H2,1-2H3,(H2,17,18,23)/t15-/m0/s1. The van der Waals surface area contributed by atoms with Gasteiger partial charge in [-0.3, -0.25) is 4.68 Å². The van der Waals surface area contributed by atoms with E-state index in [9.17, 15) is 9.90 Å². The number of nitrogens with zero attached hydrogens (tertiary/aromatic N) is 3. The zero-order valence-corrected chi connectivity index (χ0v) is 13.5. The minimum absolute atomic E-state index is 0.178. The topological polar surface area (TPSA) is 92.1 Å². The first-order valence-electron chi connectivity index (χ1n) is 7.66. The molecule has 2 amide bonds. The Morgan fingerprint density at radius 3 is 2.65 bits per heavy atom. The molecule has 1 heterocycles. The second-order valence-electron chi connectivity index (χ2n) is 5.59. The number of rotatable bonds is 7. The fourth-order valence-electron chi connectivity index (χ4n) is 2.37. The highest BCUT2D eigenvalue weighted by atomic mass is 16.3. The molecular weight excluding hydrogens is 294 g/mol. The van der Waals surface area contributed by atoms with E-state index in [2.05, 4.69) is 20.9 Å². The van der Waals surface area contributed by atoms with Crippen molar-refractivity contribution in [2.75, 3.05) is 13.1 Å². The molecule has 0 radical (unpaired) electrons. The Balaban J connectivity index is 1.67. The van der Waals surface area contributed by atoms with Gasteiger partial charge in [-0.25, -0.2) is 4.79 Å². The van der Waals surface area contributed by atoms with Crippen LogP contribution in [0.25, 0.3) is 0 Å². The number of carbonyl (C=O) groups is 1. The molecule has 2 aromatic rings. The minimum atomic E-state index is -0.713. The number of benzene rings is 1. The van der Waals surface area contributed by atoms with Crippen LogP contribution in [0.15, 0.2) is 30.6 Å². The molecule has 0 spiro atoms. The van der Waals surface area contributed by atoms with Crippen LogP contribution in [0.2, 0.25) is 0 Å². The highest BCUT2D eigenvalue weighted by molar-refractivity contribution is 5.73. The van der Waals surface area contributed by atoms with Crippen molar-refractivity contribution < 1.29 is 9.90 Å². The Labute approximate surface area is 135 Å². The molecule has 7 heteroatoms. The summed E-state index contributed by atoms with van der Waals surface area (Å²) in [6, 6.07) is 5.61. The predicted molar refractivity (Wildman–Crippen MR) is 86.9 cm³/mol. The van der Waals surface area contributed by atoms with E-state index in [4.69, 9.17) is 0 Å². The van der Waals surface area contributed by atoms with E-state index in [1.807, 2.05) is 32.0 Å². The van der Waals surface area contributed by atoms with Crippen molar-refractivity contribution >= 4 is 6.03 Å². The van der Waals surface area contributed by atoms with Gasteiger partial charge in [0.15, 0.2) is 0 Å². The first kappa shape index (κ1) is 17.0. The number of aliphatic hydroxyl groups excluding tert-OH is 1. The fraction of sp³-hybridized carbons (Fsp3) is 0.438. The monoisotopic (exact) mass is 317 g/mol. The molecule has 0 aliphatic carbocycles. The van der Waals surface area contributed by atoms with Gasteiger partial charge in [0.05, 0.1) is 12.3 Å². The number of hydrogen-bond donors (Lipinski definition) is 3. The van der Waals surface area contributed by atoms with Crippen molar-refractivity contribution in [1.29, 1.82) is 0 Å². The zero-order valence-electron chi connectivity index (χ0n) is 13.5. The van der Waals surface area contributed by atoms with Crippen molar-refractivity contribution in [3.63, 3.8) is 0 Å². The first-order chi connectivity index (χ1) is 11.0. The molecule has 0 aliphatic heterocycles. The summed E-state index contributed by atoms with van der Waals surface area (Å²) in [6.07, 6.45) is 3.44. The number of amides is 2. The normalized spacial score (nSPS) is 12.0. The molecule has 1 aromatic heterocycles. The molecule has 0 aliphatic rings. The Morgan fingerprint density at radius 1 is 1.26 bits per heavy atom. The fourth-order valence-corrected chi connectivity index (χ4v) is 2.37. The average molecular weight is 317 g/mol. The van der Waals surface area contributed by atoms with E-state index < -0.39 is 6.10 Å². The van der Waals surface area contributed by atoms with Crippen molar-refractivity contribution in [3.8, 4) is 0 Å². The van der Waals surface area contributed by atoms with Crippen molar-refractivity contribution in [1.82, 2.24) is 25.6 Å². The number of urea groups is 1. The molecule has 0 saturated heterocycles. The summed E-state index contributed by atoms with van der Waals surface area (Å²) in [5.74, 6) is 0. The van der Waals surface area contributed by atoms with Crippen molar-refractivity contribution in [2.24, 2.45) is 0 Å². The number of hydrogen-bond acceptors (Lipinski definition) is 4. The van der Waals surface area contributed by atoms with E-state index >= 15 is 0 Å². The molecule has 0 fully saturated rings. The second kappa shape index (κ2) is 8.28. The third kappa shape index (κ3) is 5.71. The highest BCUT2D eigenvalue weighted by Gasteiger charge is 2.10. The Kier molecular flexibility index (Phi) is 6.10. The molecule has 1 atom stereocenters. The molecule has 0 saturated carbocycles. The van der Waals surface area contributed by atoms with Crippen LogP contribution in [0.4, 0.5) is 4.79 Å². The van der Waals surface area contributed by atoms with Crippen molar-refractivity contribution in [2.45, 2.75) is 32.9 Å². The average Bonchev–Trinajstić information content (AvgIpc) is 3.01. The highest BCUT2D eigenvalue weighted by Crippen LogP contribution is 2.16. The Hall–Kier alpha value is -2.41. The van der Waals surface area contributed by atoms with Crippen LogP contribution < -0.4 is 10.6 Å². The molecule has 23 heavy (non-hydrogen) atoms. The number of aryl methyl sites for hydroxylation is 3. The van der Waals surface area contributed by atoms with Crippen LogP contribution in [0, 0.1) is 13.8 Å². The van der Waals surface area contributed by atoms with Gasteiger partial charge in [-0.15, -0.1) is 5.10 Å². The van der Waals surface area contributed by atoms with Crippen LogP contribution in [0.3, 0.4) is 0 Å². The lowest BCUT2D eigenvalue weighted by molar-refractivity contribution is 0.173. The molecule has 2 rings (SSSR count). The third-order valence-corrected chi connectivity index (χ3v) is 3.41. The van der Waals surface area contributed by atoms with Gasteiger partial charge in [0.2, 0.25) is 0 Å². The lowest BCUT2D eigenvalue weighted by Gasteiger charge is -2.14. The van der Waals surface area contributed by atoms with E-state index in [0.717, 1.165) is 23.1 Å². The second-order valence-corrected chi connectivity index (χ2v) is 5.59. The first-order valence-corrected chi connectivity index (χ1v) is 7.66. The van der Waals surface area contributed by atoms with E-state index in [0.29, 0.717) is 13.1 Å². The van der Waals surface area contributed by atoms with Crippen LogP contribution in [-0.2, 0) is 6.54 Å². The lowest BCUT2D eigenvalue weighted by Crippen LogP contribution is -2.38. The molecule has 0 bridgehead atoms. The summed E-state index contributed by atoms with van der Waals surface area (Å²) in [5.41, 5.74) is 3.00. The number of carbonyl (C=O) groups excluding carboxylic acids is 1. The molecule has 124 valence electrons. The number of aliphatic hydroxyl groups is 1. The van der Waals surface area contributed by atoms with Gasteiger partial charge in [-0.1, -0.05) is 34.5 Å². The van der Waals surface area contributed by atoms with E-state index in [1.165, 1.54) is 0 Å². The molecule has 3 N–H and O–H groups in total. The van der Waals surface area contributed by atoms with Gasteiger partial charge in [0, 0.05) is 25.8 Å². The summed E-state index contributed by atoms with van der Waals surface area (Å²) in [7, 11) is 0. The maximum atomic E-state index is 11.7. The molecular formula is C16H23N5O2. The Morgan fingerprint density at radius 2 is 2.00 bits per heavy atom. The van der Waals surface area contributed by atoms with E-state index in [-0.39, 0.29) is 12.6 Å². The molecule has 1 aromatic carbocycles.